The summed E-state index contributed by atoms with van der Waals surface area (Å²) < 4.78 is 35.5. The van der Waals surface area contributed by atoms with E-state index in [1.54, 1.807) is 6.92 Å². The molecule has 0 heterocycles. The molecule has 0 fully saturated rings. The monoisotopic (exact) mass is 243 g/mol. The van der Waals surface area contributed by atoms with Crippen molar-refractivity contribution in [3.63, 3.8) is 0 Å². The topological polar surface area (TPSA) is 86.6 Å². The molecule has 94 valence electrons. The van der Waals surface area contributed by atoms with Crippen LogP contribution in [0.15, 0.2) is 0 Å². The number of carbonyl (C=O) groups is 2. The molecular weight excluding hydrogens is 231 g/mol. The molecule has 0 saturated heterocycles. The lowest BCUT2D eigenvalue weighted by molar-refractivity contribution is -0.187. The number of unbranched alkanes of at least 4 members (excludes halogenated alkanes) is 1. The van der Waals surface area contributed by atoms with Crippen molar-refractivity contribution in [2.75, 3.05) is 0 Å². The molecular formula is C8H12F3NO4. The van der Waals surface area contributed by atoms with Crippen LogP contribution in [0.5, 0.6) is 0 Å². The van der Waals surface area contributed by atoms with Crippen LogP contribution >= 0.6 is 0 Å². The molecule has 0 spiro atoms. The number of rotatable bonds is 5. The average molecular weight is 243 g/mol. The normalized spacial score (nSPS) is 15.3. The Morgan fingerprint density at radius 1 is 1.31 bits per heavy atom. The number of amides is 1. The minimum Gasteiger partial charge on any atom is -0.478 e. The van der Waals surface area contributed by atoms with Crippen LogP contribution in [0.3, 0.4) is 0 Å². The fraction of sp³-hybridized carbons (Fsp3) is 0.750. The Kier molecular flexibility index (Phi) is 4.73. The molecule has 0 saturated carbocycles. The molecule has 0 bridgehead atoms. The lowest BCUT2D eigenvalue weighted by atomic mass is 10.1. The largest absolute Gasteiger partial charge is 0.478 e. The lowest BCUT2D eigenvalue weighted by Gasteiger charge is -2.24. The molecule has 0 aromatic carbocycles. The van der Waals surface area contributed by atoms with E-state index in [9.17, 15) is 27.9 Å². The van der Waals surface area contributed by atoms with Crippen LogP contribution in [-0.4, -0.2) is 34.0 Å². The van der Waals surface area contributed by atoms with Gasteiger partial charge in [-0.05, 0) is 6.42 Å². The van der Waals surface area contributed by atoms with Crippen molar-refractivity contribution in [1.82, 2.24) is 5.32 Å². The van der Waals surface area contributed by atoms with E-state index in [1.165, 1.54) is 0 Å². The van der Waals surface area contributed by atoms with Gasteiger partial charge in [0, 0.05) is 6.42 Å². The second-order valence-corrected chi connectivity index (χ2v) is 3.22. The Balaban J connectivity index is 4.69. The molecule has 8 heteroatoms. The molecule has 0 aliphatic heterocycles. The summed E-state index contributed by atoms with van der Waals surface area (Å²) in [4.78, 5) is 21.0. The molecule has 0 aromatic rings. The Labute approximate surface area is 89.3 Å². The zero-order chi connectivity index (χ0) is 13.0. The van der Waals surface area contributed by atoms with E-state index in [0.717, 1.165) is 5.32 Å². The minimum atomic E-state index is -5.23. The fourth-order valence-electron chi connectivity index (χ4n) is 0.914. The van der Waals surface area contributed by atoms with Crippen molar-refractivity contribution in [2.24, 2.45) is 0 Å². The summed E-state index contributed by atoms with van der Waals surface area (Å²) in [6, 6.07) is 0. The van der Waals surface area contributed by atoms with Crippen LogP contribution in [0.4, 0.5) is 13.2 Å². The van der Waals surface area contributed by atoms with Gasteiger partial charge in [0.25, 0.3) is 0 Å². The number of hydrogen-bond acceptors (Lipinski definition) is 3. The van der Waals surface area contributed by atoms with Gasteiger partial charge in [0.05, 0.1) is 0 Å². The molecule has 0 rings (SSSR count). The molecule has 0 radical (unpaired) electrons. The number of alkyl halides is 3. The van der Waals surface area contributed by atoms with E-state index in [0.29, 0.717) is 6.42 Å². The maximum Gasteiger partial charge on any atom is 0.471 e. The number of aliphatic hydroxyl groups is 1. The Bertz CT molecular complexity index is 279. The first-order chi connectivity index (χ1) is 7.13. The summed E-state index contributed by atoms with van der Waals surface area (Å²) in [6.45, 7) is 1.66. The van der Waals surface area contributed by atoms with E-state index < -0.39 is 30.2 Å². The van der Waals surface area contributed by atoms with Crippen molar-refractivity contribution >= 4 is 11.9 Å². The van der Waals surface area contributed by atoms with Crippen LogP contribution < -0.4 is 5.32 Å². The van der Waals surface area contributed by atoms with Gasteiger partial charge >= 0.3 is 18.1 Å². The Morgan fingerprint density at radius 2 is 1.81 bits per heavy atom. The van der Waals surface area contributed by atoms with E-state index in [-0.39, 0.29) is 6.42 Å². The standard InChI is InChI=1S/C8H12F3NO4/c1-2-3-4-7(16,6(14)15)12-5(13)8(9,10)11/h16H,2-4H2,1H3,(H,12,13)(H,14,15)/t7-/m0/s1. The van der Waals surface area contributed by atoms with Gasteiger partial charge < -0.3 is 15.5 Å². The van der Waals surface area contributed by atoms with Gasteiger partial charge in [0.1, 0.15) is 0 Å². The zero-order valence-corrected chi connectivity index (χ0v) is 8.47. The SMILES string of the molecule is CCCC[C@@](O)(NC(=O)C(F)(F)F)C(=O)O. The third-order valence-corrected chi connectivity index (χ3v) is 1.82. The summed E-state index contributed by atoms with van der Waals surface area (Å²) in [7, 11) is 0. The van der Waals surface area contributed by atoms with Crippen molar-refractivity contribution in [3.8, 4) is 0 Å². The summed E-state index contributed by atoms with van der Waals surface area (Å²) in [5.74, 6) is -4.40. The number of nitrogens with one attached hydrogen (secondary N) is 1. The number of halogens is 3. The number of hydrogen-bond donors (Lipinski definition) is 3. The summed E-state index contributed by atoms with van der Waals surface area (Å²) in [6.07, 6.45) is -5.07. The van der Waals surface area contributed by atoms with E-state index in [2.05, 4.69) is 0 Å². The first-order valence-electron chi connectivity index (χ1n) is 4.48. The van der Waals surface area contributed by atoms with Gasteiger partial charge in [-0.3, -0.25) is 4.79 Å². The fourth-order valence-corrected chi connectivity index (χ4v) is 0.914. The summed E-state index contributed by atoms with van der Waals surface area (Å²) in [5, 5.41) is 18.9. The molecule has 1 atom stereocenters. The molecule has 5 nitrogen and oxygen atoms in total. The van der Waals surface area contributed by atoms with Gasteiger partial charge in [-0.25, -0.2) is 4.79 Å². The van der Waals surface area contributed by atoms with Crippen LogP contribution in [-0.2, 0) is 9.59 Å². The van der Waals surface area contributed by atoms with Crippen molar-refractivity contribution in [2.45, 2.75) is 38.1 Å². The van der Waals surface area contributed by atoms with Crippen LogP contribution in [0.25, 0.3) is 0 Å². The van der Waals surface area contributed by atoms with E-state index in [4.69, 9.17) is 5.11 Å². The van der Waals surface area contributed by atoms with E-state index >= 15 is 0 Å². The number of carboxylic acid groups (broad SMARTS) is 1. The molecule has 0 aromatic heterocycles. The van der Waals surface area contributed by atoms with Crippen molar-refractivity contribution in [3.05, 3.63) is 0 Å². The summed E-state index contributed by atoms with van der Waals surface area (Å²) >= 11 is 0. The predicted molar refractivity (Wildman–Crippen MR) is 46.3 cm³/mol. The van der Waals surface area contributed by atoms with Crippen LogP contribution in [0.1, 0.15) is 26.2 Å². The van der Waals surface area contributed by atoms with Gasteiger partial charge in [-0.1, -0.05) is 13.3 Å². The predicted octanol–water partition coefficient (Wildman–Crippen LogP) is 0.628. The highest BCUT2D eigenvalue weighted by Gasteiger charge is 2.46. The number of aliphatic carboxylic acids is 1. The van der Waals surface area contributed by atoms with Gasteiger partial charge in [0.15, 0.2) is 0 Å². The van der Waals surface area contributed by atoms with Gasteiger partial charge in [-0.2, -0.15) is 13.2 Å². The first kappa shape index (κ1) is 14.7. The van der Waals surface area contributed by atoms with E-state index in [1.807, 2.05) is 0 Å². The first-order valence-corrected chi connectivity index (χ1v) is 4.48. The van der Waals surface area contributed by atoms with Crippen molar-refractivity contribution in [1.29, 1.82) is 0 Å². The molecule has 1 amide bonds. The molecule has 16 heavy (non-hydrogen) atoms. The number of carbonyl (C=O) groups excluding carboxylic acids is 1. The quantitative estimate of drug-likeness (QED) is 0.618. The maximum absolute atomic E-state index is 11.8. The highest BCUT2D eigenvalue weighted by molar-refractivity contribution is 5.88. The molecule has 0 unspecified atom stereocenters. The highest BCUT2D eigenvalue weighted by Crippen LogP contribution is 2.18. The second kappa shape index (κ2) is 5.15. The Hall–Kier alpha value is -1.31. The highest BCUT2D eigenvalue weighted by atomic mass is 19.4. The Morgan fingerprint density at radius 3 is 2.12 bits per heavy atom. The van der Waals surface area contributed by atoms with Crippen LogP contribution in [0, 0.1) is 0 Å². The molecule has 3 N–H and O–H groups in total. The van der Waals surface area contributed by atoms with Gasteiger partial charge in [0.2, 0.25) is 5.72 Å². The molecule has 0 aliphatic carbocycles. The zero-order valence-electron chi connectivity index (χ0n) is 8.47. The maximum atomic E-state index is 11.8. The van der Waals surface area contributed by atoms with Gasteiger partial charge in [-0.15, -0.1) is 0 Å². The van der Waals surface area contributed by atoms with Crippen molar-refractivity contribution < 1.29 is 33.0 Å². The second-order valence-electron chi connectivity index (χ2n) is 3.22. The van der Waals surface area contributed by atoms with Crippen LogP contribution in [0.2, 0.25) is 0 Å². The molecule has 0 aliphatic rings. The summed E-state index contributed by atoms with van der Waals surface area (Å²) in [5.41, 5.74) is -2.87. The number of carboxylic acids is 1. The third-order valence-electron chi connectivity index (χ3n) is 1.82. The third kappa shape index (κ3) is 4.05. The smallest absolute Gasteiger partial charge is 0.471 e. The lowest BCUT2D eigenvalue weighted by Crippen LogP contribution is -2.57. The minimum absolute atomic E-state index is 0.168. The average Bonchev–Trinajstić information content (AvgIpc) is 2.13.